The number of morpholine rings is 1. The van der Waals surface area contributed by atoms with E-state index in [1.807, 2.05) is 0 Å². The van der Waals surface area contributed by atoms with Crippen molar-refractivity contribution in [3.63, 3.8) is 0 Å². The van der Waals surface area contributed by atoms with Gasteiger partial charge in [0.15, 0.2) is 0 Å². The van der Waals surface area contributed by atoms with E-state index < -0.39 is 0 Å². The molecule has 1 aliphatic rings. The molecular weight excluding hydrogens is 285 g/mol. The topological polar surface area (TPSA) is 56.6 Å². The van der Waals surface area contributed by atoms with Gasteiger partial charge in [0.1, 0.15) is 5.82 Å². The number of hydrogen-bond donors (Lipinski definition) is 0. The van der Waals surface area contributed by atoms with E-state index in [0.29, 0.717) is 31.9 Å². The molecule has 1 aliphatic heterocycles. The van der Waals surface area contributed by atoms with Crippen molar-refractivity contribution in [1.29, 1.82) is 5.26 Å². The second kappa shape index (κ2) is 8.47. The van der Waals surface area contributed by atoms with Gasteiger partial charge in [0.2, 0.25) is 0 Å². The lowest BCUT2D eigenvalue weighted by molar-refractivity contribution is 0.0326. The fourth-order valence-corrected chi connectivity index (χ4v) is 2.36. The zero-order valence-electron chi connectivity index (χ0n) is 12.5. The van der Waals surface area contributed by atoms with E-state index in [1.54, 1.807) is 4.90 Å². The molecule has 22 heavy (non-hydrogen) atoms. The number of benzene rings is 1. The number of nitrogens with zero attached hydrogens (tertiary/aromatic N) is 3. The third-order valence-corrected chi connectivity index (χ3v) is 3.66. The Morgan fingerprint density at radius 1 is 1.27 bits per heavy atom. The molecule has 2 rings (SSSR count). The van der Waals surface area contributed by atoms with Gasteiger partial charge in [-0.1, -0.05) is 0 Å². The molecule has 0 aliphatic carbocycles. The van der Waals surface area contributed by atoms with E-state index in [2.05, 4.69) is 11.0 Å². The molecule has 1 aromatic carbocycles. The predicted octanol–water partition coefficient (Wildman–Crippen LogP) is 1.51. The average Bonchev–Trinajstić information content (AvgIpc) is 2.56. The quantitative estimate of drug-likeness (QED) is 0.799. The van der Waals surface area contributed by atoms with Crippen LogP contribution in [0.1, 0.15) is 16.8 Å². The van der Waals surface area contributed by atoms with Crippen molar-refractivity contribution in [2.45, 2.75) is 6.42 Å². The Balaban J connectivity index is 1.96. The van der Waals surface area contributed by atoms with Gasteiger partial charge in [0.05, 0.1) is 25.7 Å². The molecule has 1 fully saturated rings. The van der Waals surface area contributed by atoms with E-state index in [1.165, 1.54) is 24.3 Å². The second-order valence-electron chi connectivity index (χ2n) is 5.16. The number of amides is 1. The minimum atomic E-state index is -0.367. The molecule has 1 amide bonds. The average molecular weight is 305 g/mol. The van der Waals surface area contributed by atoms with Gasteiger partial charge in [-0.05, 0) is 24.3 Å². The summed E-state index contributed by atoms with van der Waals surface area (Å²) in [5.74, 6) is -0.531. The maximum atomic E-state index is 13.0. The molecule has 6 heteroatoms. The largest absolute Gasteiger partial charge is 0.379 e. The van der Waals surface area contributed by atoms with Crippen LogP contribution in [0.5, 0.6) is 0 Å². The molecule has 0 radical (unpaired) electrons. The second-order valence-corrected chi connectivity index (χ2v) is 5.16. The summed E-state index contributed by atoms with van der Waals surface area (Å²) >= 11 is 0. The van der Waals surface area contributed by atoms with Gasteiger partial charge in [0, 0.05) is 38.3 Å². The first kappa shape index (κ1) is 16.4. The van der Waals surface area contributed by atoms with Crippen molar-refractivity contribution in [2.75, 3.05) is 45.9 Å². The van der Waals surface area contributed by atoms with Crippen LogP contribution in [0, 0.1) is 17.1 Å². The van der Waals surface area contributed by atoms with Gasteiger partial charge in [-0.15, -0.1) is 0 Å². The summed E-state index contributed by atoms with van der Waals surface area (Å²) < 4.78 is 18.3. The molecule has 0 unspecified atom stereocenters. The highest BCUT2D eigenvalue weighted by atomic mass is 19.1. The molecule has 0 spiro atoms. The van der Waals surface area contributed by atoms with Crippen LogP contribution in [0.4, 0.5) is 4.39 Å². The molecule has 5 nitrogen and oxygen atoms in total. The van der Waals surface area contributed by atoms with Crippen LogP contribution in [0.25, 0.3) is 0 Å². The molecule has 0 aromatic heterocycles. The highest BCUT2D eigenvalue weighted by Gasteiger charge is 2.18. The van der Waals surface area contributed by atoms with Crippen molar-refractivity contribution in [1.82, 2.24) is 9.80 Å². The first-order valence-electron chi connectivity index (χ1n) is 7.42. The SMILES string of the molecule is N#CCCN(CCN1CCOCC1)C(=O)c1ccc(F)cc1. The van der Waals surface area contributed by atoms with E-state index >= 15 is 0 Å². The molecule has 1 heterocycles. The van der Waals surface area contributed by atoms with Gasteiger partial charge in [-0.2, -0.15) is 5.26 Å². The summed E-state index contributed by atoms with van der Waals surface area (Å²) in [6, 6.07) is 7.57. The Labute approximate surface area is 129 Å². The van der Waals surface area contributed by atoms with Gasteiger partial charge in [0.25, 0.3) is 5.91 Å². The Hall–Kier alpha value is -1.97. The van der Waals surface area contributed by atoms with E-state index in [9.17, 15) is 9.18 Å². The van der Waals surface area contributed by atoms with Crippen LogP contribution in [0.2, 0.25) is 0 Å². The summed E-state index contributed by atoms with van der Waals surface area (Å²) in [6.45, 7) is 4.83. The summed E-state index contributed by atoms with van der Waals surface area (Å²) in [5.41, 5.74) is 0.446. The Bertz CT molecular complexity index is 521. The fourth-order valence-electron chi connectivity index (χ4n) is 2.36. The number of nitriles is 1. The van der Waals surface area contributed by atoms with Crippen LogP contribution in [0.15, 0.2) is 24.3 Å². The molecule has 0 N–H and O–H groups in total. The molecule has 0 bridgehead atoms. The molecule has 118 valence electrons. The van der Waals surface area contributed by atoms with Gasteiger partial charge in [-0.25, -0.2) is 4.39 Å². The van der Waals surface area contributed by atoms with Crippen molar-refractivity contribution < 1.29 is 13.9 Å². The first-order valence-corrected chi connectivity index (χ1v) is 7.42. The number of halogens is 1. The van der Waals surface area contributed by atoms with Crippen molar-refractivity contribution in [3.8, 4) is 6.07 Å². The third-order valence-electron chi connectivity index (χ3n) is 3.66. The van der Waals surface area contributed by atoms with Gasteiger partial charge in [-0.3, -0.25) is 9.69 Å². The number of rotatable bonds is 6. The smallest absolute Gasteiger partial charge is 0.253 e. The van der Waals surface area contributed by atoms with Gasteiger partial charge < -0.3 is 9.64 Å². The Morgan fingerprint density at radius 3 is 2.59 bits per heavy atom. The number of carbonyl (C=O) groups excluding carboxylic acids is 1. The lowest BCUT2D eigenvalue weighted by Crippen LogP contribution is -2.43. The summed E-state index contributed by atoms with van der Waals surface area (Å²) in [5, 5.41) is 8.76. The van der Waals surface area contributed by atoms with Crippen LogP contribution < -0.4 is 0 Å². The first-order chi connectivity index (χ1) is 10.7. The highest BCUT2D eigenvalue weighted by molar-refractivity contribution is 5.94. The van der Waals surface area contributed by atoms with E-state index in [0.717, 1.165) is 19.6 Å². The zero-order chi connectivity index (χ0) is 15.8. The van der Waals surface area contributed by atoms with Crippen molar-refractivity contribution in [3.05, 3.63) is 35.6 Å². The third kappa shape index (κ3) is 4.79. The maximum Gasteiger partial charge on any atom is 0.253 e. The summed E-state index contributed by atoms with van der Waals surface area (Å²) in [6.07, 6.45) is 0.288. The predicted molar refractivity (Wildman–Crippen MR) is 79.8 cm³/mol. The standard InChI is InChI=1S/C16H20FN3O2/c17-15-4-2-14(3-5-15)16(21)20(7-1-6-18)9-8-19-10-12-22-13-11-19/h2-5H,1,7-13H2. The van der Waals surface area contributed by atoms with Crippen LogP contribution >= 0.6 is 0 Å². The number of ether oxygens (including phenoxy) is 1. The zero-order valence-corrected chi connectivity index (χ0v) is 12.5. The van der Waals surface area contributed by atoms with Crippen LogP contribution in [-0.4, -0.2) is 61.6 Å². The van der Waals surface area contributed by atoms with Crippen molar-refractivity contribution >= 4 is 5.91 Å². The molecule has 1 aromatic rings. The summed E-state index contributed by atoms with van der Waals surface area (Å²) in [4.78, 5) is 16.4. The molecule has 0 atom stereocenters. The molecular formula is C16H20FN3O2. The minimum Gasteiger partial charge on any atom is -0.379 e. The van der Waals surface area contributed by atoms with Crippen LogP contribution in [0.3, 0.4) is 0 Å². The van der Waals surface area contributed by atoms with E-state index in [4.69, 9.17) is 10.00 Å². The van der Waals surface area contributed by atoms with Gasteiger partial charge >= 0.3 is 0 Å². The molecule has 0 saturated carbocycles. The lowest BCUT2D eigenvalue weighted by atomic mass is 10.2. The highest BCUT2D eigenvalue weighted by Crippen LogP contribution is 2.08. The maximum absolute atomic E-state index is 13.0. The van der Waals surface area contributed by atoms with Crippen molar-refractivity contribution in [2.24, 2.45) is 0 Å². The Kier molecular flexibility index (Phi) is 6.31. The number of hydrogen-bond acceptors (Lipinski definition) is 4. The Morgan fingerprint density at radius 2 is 1.95 bits per heavy atom. The summed E-state index contributed by atoms with van der Waals surface area (Å²) in [7, 11) is 0. The minimum absolute atomic E-state index is 0.163. The lowest BCUT2D eigenvalue weighted by Gasteiger charge is -2.30. The normalized spacial score (nSPS) is 15.3. The molecule has 1 saturated heterocycles. The number of carbonyl (C=O) groups is 1. The monoisotopic (exact) mass is 305 g/mol. The fraction of sp³-hybridized carbons (Fsp3) is 0.500. The van der Waals surface area contributed by atoms with Crippen LogP contribution in [-0.2, 0) is 4.74 Å². The van der Waals surface area contributed by atoms with E-state index in [-0.39, 0.29) is 18.1 Å².